The molecule has 3 aromatic carbocycles. The highest BCUT2D eigenvalue weighted by Crippen LogP contribution is 2.32. The van der Waals surface area contributed by atoms with Crippen molar-refractivity contribution in [3.8, 4) is 0 Å². The highest BCUT2D eigenvalue weighted by Gasteiger charge is 2.34. The molecule has 0 spiro atoms. The zero-order valence-corrected chi connectivity index (χ0v) is 22.2. The summed E-state index contributed by atoms with van der Waals surface area (Å²) < 4.78 is 5.70. The number of para-hydroxylation sites is 1. The molecule has 3 amide bonds. The third kappa shape index (κ3) is 5.88. The van der Waals surface area contributed by atoms with Gasteiger partial charge in [-0.25, -0.2) is 4.99 Å². The van der Waals surface area contributed by atoms with Gasteiger partial charge in [-0.1, -0.05) is 84.7 Å². The quantitative estimate of drug-likeness (QED) is 0.437. The Hall–Kier alpha value is -3.72. The number of rotatable bonds is 8. The van der Waals surface area contributed by atoms with Crippen LogP contribution in [0.2, 0.25) is 10.0 Å². The minimum Gasteiger partial charge on any atom is -0.368 e. The van der Waals surface area contributed by atoms with Gasteiger partial charge in [-0.2, -0.15) is 0 Å². The smallest absolute Gasteiger partial charge is 0.272 e. The fraction of sp³-hybridized carbons (Fsp3) is 0.214. The SMILES string of the molecule is C[C@@H](C(=O)N[C@H]1N=C(c2ccccc2)c2ccccc2N(C)C1=O)[C@@H](OCC(N)=O)c1ccc(Cl)c(Cl)c1. The number of fused-ring (bicyclic) bond motifs is 1. The Bertz CT molecular complexity index is 1400. The Balaban J connectivity index is 1.68. The van der Waals surface area contributed by atoms with Gasteiger partial charge < -0.3 is 20.7 Å². The number of nitrogens with zero attached hydrogens (tertiary/aromatic N) is 2. The molecular weight excluding hydrogens is 527 g/mol. The number of hydrogen-bond acceptors (Lipinski definition) is 5. The van der Waals surface area contributed by atoms with Gasteiger partial charge in [0, 0.05) is 18.2 Å². The standard InChI is InChI=1S/C28H26Cl2N4O4/c1-16(25(38-15-23(31)35)18-12-13-20(29)21(30)14-18)27(36)33-26-28(37)34(2)22-11-7-6-10-19(22)24(32-26)17-8-4-3-5-9-17/h3-14,16,25-26H,15H2,1-2H3,(H2,31,35)(H,33,36)/t16-,25-,26-/m1/s1. The second-order valence-electron chi connectivity index (χ2n) is 8.83. The van der Waals surface area contributed by atoms with Gasteiger partial charge in [0.05, 0.1) is 33.5 Å². The van der Waals surface area contributed by atoms with Crippen LogP contribution in [0.1, 0.15) is 29.7 Å². The Labute approximate surface area is 230 Å². The molecule has 0 saturated heterocycles. The molecule has 38 heavy (non-hydrogen) atoms. The molecule has 10 heteroatoms. The van der Waals surface area contributed by atoms with Gasteiger partial charge in [0.25, 0.3) is 5.91 Å². The van der Waals surface area contributed by atoms with Crippen LogP contribution in [0.4, 0.5) is 5.69 Å². The van der Waals surface area contributed by atoms with Crippen LogP contribution in [0.25, 0.3) is 0 Å². The minimum absolute atomic E-state index is 0.264. The number of likely N-dealkylation sites (N-methyl/N-ethyl adjacent to an activating group) is 1. The van der Waals surface area contributed by atoms with Gasteiger partial charge in [0.1, 0.15) is 6.61 Å². The third-order valence-electron chi connectivity index (χ3n) is 6.21. The lowest BCUT2D eigenvalue weighted by atomic mass is 9.96. The summed E-state index contributed by atoms with van der Waals surface area (Å²) in [5.41, 5.74) is 8.61. The number of ether oxygens (including phenoxy) is 1. The highest BCUT2D eigenvalue weighted by molar-refractivity contribution is 6.42. The average Bonchev–Trinajstić information content (AvgIpc) is 3.01. The first-order valence-electron chi connectivity index (χ1n) is 11.8. The van der Waals surface area contributed by atoms with Crippen molar-refractivity contribution in [2.45, 2.75) is 19.2 Å². The van der Waals surface area contributed by atoms with Crippen LogP contribution in [-0.4, -0.2) is 43.3 Å². The van der Waals surface area contributed by atoms with E-state index < -0.39 is 42.5 Å². The van der Waals surface area contributed by atoms with Gasteiger partial charge in [0.2, 0.25) is 18.0 Å². The van der Waals surface area contributed by atoms with Crippen molar-refractivity contribution in [3.63, 3.8) is 0 Å². The van der Waals surface area contributed by atoms with E-state index in [1.54, 1.807) is 32.2 Å². The van der Waals surface area contributed by atoms with Crippen LogP contribution in [0.5, 0.6) is 0 Å². The molecule has 0 aliphatic carbocycles. The van der Waals surface area contributed by atoms with E-state index in [1.165, 1.54) is 4.90 Å². The van der Waals surface area contributed by atoms with Crippen LogP contribution in [0, 0.1) is 5.92 Å². The number of benzene rings is 3. The maximum atomic E-state index is 13.5. The molecule has 1 aliphatic rings. The number of aliphatic imine (C=N–C) groups is 1. The van der Waals surface area contributed by atoms with E-state index in [2.05, 4.69) is 5.32 Å². The van der Waals surface area contributed by atoms with E-state index in [0.717, 1.165) is 11.1 Å². The van der Waals surface area contributed by atoms with E-state index in [-0.39, 0.29) is 5.02 Å². The van der Waals surface area contributed by atoms with E-state index in [0.29, 0.717) is 22.0 Å². The number of amides is 3. The van der Waals surface area contributed by atoms with Crippen molar-refractivity contribution in [1.82, 2.24) is 5.32 Å². The van der Waals surface area contributed by atoms with Crippen LogP contribution in [0.15, 0.2) is 77.8 Å². The summed E-state index contributed by atoms with van der Waals surface area (Å²) in [5.74, 6) is -2.48. The van der Waals surface area contributed by atoms with Crippen LogP contribution in [-0.2, 0) is 19.1 Å². The predicted octanol–water partition coefficient (Wildman–Crippen LogP) is 4.13. The van der Waals surface area contributed by atoms with Crippen molar-refractivity contribution in [2.24, 2.45) is 16.6 Å². The van der Waals surface area contributed by atoms with Crippen molar-refractivity contribution in [1.29, 1.82) is 0 Å². The Kier molecular flexibility index (Phi) is 8.46. The van der Waals surface area contributed by atoms with E-state index in [1.807, 2.05) is 54.6 Å². The number of primary amides is 1. The summed E-state index contributed by atoms with van der Waals surface area (Å²) in [6, 6.07) is 21.6. The Morgan fingerprint density at radius 3 is 2.42 bits per heavy atom. The molecule has 3 aromatic rings. The molecule has 0 radical (unpaired) electrons. The largest absolute Gasteiger partial charge is 0.368 e. The molecule has 0 aromatic heterocycles. The first-order chi connectivity index (χ1) is 18.2. The van der Waals surface area contributed by atoms with Gasteiger partial charge in [-0.3, -0.25) is 14.4 Å². The molecule has 8 nitrogen and oxygen atoms in total. The summed E-state index contributed by atoms with van der Waals surface area (Å²) in [4.78, 5) is 44.6. The van der Waals surface area contributed by atoms with Crippen molar-refractivity contribution < 1.29 is 19.1 Å². The van der Waals surface area contributed by atoms with Gasteiger partial charge in [-0.15, -0.1) is 0 Å². The Morgan fingerprint density at radius 2 is 1.74 bits per heavy atom. The van der Waals surface area contributed by atoms with Crippen LogP contribution < -0.4 is 16.0 Å². The summed E-state index contributed by atoms with van der Waals surface area (Å²) in [6.07, 6.45) is -2.10. The van der Waals surface area contributed by atoms with Gasteiger partial charge in [0.15, 0.2) is 0 Å². The van der Waals surface area contributed by atoms with E-state index in [4.69, 9.17) is 38.7 Å². The van der Waals surface area contributed by atoms with Crippen LogP contribution >= 0.6 is 23.2 Å². The molecule has 0 unspecified atom stereocenters. The number of anilines is 1. The lowest BCUT2D eigenvalue weighted by Crippen LogP contribution is -2.48. The van der Waals surface area contributed by atoms with E-state index >= 15 is 0 Å². The average molecular weight is 553 g/mol. The minimum atomic E-state index is -1.21. The lowest BCUT2D eigenvalue weighted by molar-refractivity contribution is -0.136. The van der Waals surface area contributed by atoms with Gasteiger partial charge >= 0.3 is 0 Å². The lowest BCUT2D eigenvalue weighted by Gasteiger charge is -2.26. The number of nitrogens with two attached hydrogens (primary N) is 1. The maximum Gasteiger partial charge on any atom is 0.272 e. The summed E-state index contributed by atoms with van der Waals surface area (Å²) in [7, 11) is 1.64. The second-order valence-corrected chi connectivity index (χ2v) is 9.64. The van der Waals surface area contributed by atoms with Crippen molar-refractivity contribution in [3.05, 3.63) is 99.5 Å². The molecule has 1 aliphatic heterocycles. The number of halogens is 2. The zero-order chi connectivity index (χ0) is 27.4. The predicted molar refractivity (Wildman–Crippen MR) is 147 cm³/mol. The molecular formula is C28H26Cl2N4O4. The summed E-state index contributed by atoms with van der Waals surface area (Å²) in [5, 5.41) is 3.36. The number of carbonyl (C=O) groups excluding carboxylic acids is 3. The first kappa shape index (κ1) is 27.3. The third-order valence-corrected chi connectivity index (χ3v) is 6.95. The van der Waals surface area contributed by atoms with Crippen LogP contribution in [0.3, 0.4) is 0 Å². The van der Waals surface area contributed by atoms with Gasteiger partial charge in [-0.05, 0) is 23.8 Å². The second kappa shape index (κ2) is 11.8. The monoisotopic (exact) mass is 552 g/mol. The van der Waals surface area contributed by atoms with Crippen molar-refractivity contribution in [2.75, 3.05) is 18.6 Å². The van der Waals surface area contributed by atoms with Crippen molar-refractivity contribution >= 4 is 52.3 Å². The summed E-state index contributed by atoms with van der Waals surface area (Å²) >= 11 is 12.2. The number of carbonyl (C=O) groups is 3. The molecule has 0 fully saturated rings. The molecule has 1 heterocycles. The first-order valence-corrected chi connectivity index (χ1v) is 12.6. The molecule has 3 atom stereocenters. The highest BCUT2D eigenvalue weighted by atomic mass is 35.5. The molecule has 196 valence electrons. The molecule has 0 saturated carbocycles. The van der Waals surface area contributed by atoms with E-state index in [9.17, 15) is 14.4 Å². The zero-order valence-electron chi connectivity index (χ0n) is 20.7. The topological polar surface area (TPSA) is 114 Å². The number of hydrogen-bond donors (Lipinski definition) is 2. The fourth-order valence-corrected chi connectivity index (χ4v) is 4.54. The molecule has 4 rings (SSSR count). The molecule has 3 N–H and O–H groups in total. The number of benzodiazepines with no additional fused rings is 1. The Morgan fingerprint density at radius 1 is 1.05 bits per heavy atom. The fourth-order valence-electron chi connectivity index (χ4n) is 4.24. The normalized spacial score (nSPS) is 16.6. The molecule has 0 bridgehead atoms. The summed E-state index contributed by atoms with van der Waals surface area (Å²) in [6.45, 7) is 1.20. The number of nitrogens with one attached hydrogen (secondary N) is 1. The maximum absolute atomic E-state index is 13.5.